The van der Waals surface area contributed by atoms with Crippen LogP contribution in [0.3, 0.4) is 0 Å². The number of nitrogens with two attached hydrogens (primary N) is 2. The largest absolute Gasteiger partial charge is 0.570 e. The summed E-state index contributed by atoms with van der Waals surface area (Å²) in [4.78, 5) is 0. The van der Waals surface area contributed by atoms with Crippen molar-refractivity contribution in [3.63, 3.8) is 0 Å². The van der Waals surface area contributed by atoms with E-state index in [2.05, 4.69) is 11.5 Å². The van der Waals surface area contributed by atoms with Gasteiger partial charge >= 0.3 is 5.51 Å². The zero-order valence-corrected chi connectivity index (χ0v) is 5.29. The summed E-state index contributed by atoms with van der Waals surface area (Å²) in [5.74, 6) is -0.333. The van der Waals surface area contributed by atoms with E-state index in [1.807, 2.05) is 0 Å². The maximum Gasteiger partial charge on any atom is 0.570 e. The van der Waals surface area contributed by atoms with Crippen molar-refractivity contribution in [1.82, 2.24) is 0 Å². The molecule has 0 atom stereocenters. The topological polar surface area (TPSA) is 75.9 Å². The maximum atomic E-state index is 10.3. The molecule has 5 N–H and O–H groups in total. The molecule has 0 fully saturated rings. The van der Waals surface area contributed by atoms with Crippen molar-refractivity contribution in [3.05, 3.63) is 0 Å². The zero-order valence-electron chi connectivity index (χ0n) is 4.29. The predicted molar refractivity (Wildman–Crippen MR) is 32.3 cm³/mol. The van der Waals surface area contributed by atoms with E-state index in [-0.39, 0.29) is 5.96 Å². The first kappa shape index (κ1) is 11.2. The first-order valence-corrected chi connectivity index (χ1v) is 2.14. The monoisotopic (exact) mass is 162 g/mol. The second-order valence-electron chi connectivity index (χ2n) is 0.953. The maximum absolute atomic E-state index is 10.3. The number of guanidine groups is 1. The lowest BCUT2D eigenvalue weighted by Crippen LogP contribution is -2.20. The van der Waals surface area contributed by atoms with E-state index in [1.54, 1.807) is 0 Å². The highest BCUT2D eigenvalue weighted by atomic mass is 32.1. The molecule has 56 valence electrons. The van der Waals surface area contributed by atoms with Crippen molar-refractivity contribution in [3.8, 4) is 0 Å². The number of hydrogen-bond acceptors (Lipinski definition) is 1. The zero-order chi connectivity index (χ0) is 8.08. The van der Waals surface area contributed by atoms with E-state index in [1.165, 1.54) is 12.6 Å². The number of nitrogens with one attached hydrogen (secondary N) is 1. The van der Waals surface area contributed by atoms with Crippen molar-refractivity contribution in [2.24, 2.45) is 11.5 Å². The van der Waals surface area contributed by atoms with E-state index in [0.29, 0.717) is 0 Å². The predicted octanol–water partition coefficient (Wildman–Crippen LogP) is -0.644. The van der Waals surface area contributed by atoms with Crippen molar-refractivity contribution in [2.45, 2.75) is 5.51 Å². The molecule has 0 heterocycles. The van der Waals surface area contributed by atoms with Crippen LogP contribution < -0.4 is 11.5 Å². The second-order valence-corrected chi connectivity index (χ2v) is 1.52. The Kier molecular flexibility index (Phi) is 5.38. The van der Waals surface area contributed by atoms with Gasteiger partial charge in [0.2, 0.25) is 0 Å². The van der Waals surface area contributed by atoms with Crippen LogP contribution in [0.25, 0.3) is 0 Å². The van der Waals surface area contributed by atoms with Crippen LogP contribution in [-0.2, 0) is 12.6 Å². The average Bonchev–Trinajstić information content (AvgIpc) is 1.19. The molecule has 0 bridgehead atoms. The number of alkyl halides is 3. The van der Waals surface area contributed by atoms with Gasteiger partial charge in [0.1, 0.15) is 0 Å². The van der Waals surface area contributed by atoms with Crippen molar-refractivity contribution in [1.29, 1.82) is 5.41 Å². The number of rotatable bonds is 0. The SMILES string of the molecule is FC(F)(F)[SH2+].N=C(N)N. The fourth-order valence-electron chi connectivity index (χ4n) is 0. The molecule has 0 rings (SSSR count). The van der Waals surface area contributed by atoms with Gasteiger partial charge in [0, 0.05) is 0 Å². The van der Waals surface area contributed by atoms with Gasteiger partial charge in [-0.25, -0.2) is 0 Å². The summed E-state index contributed by atoms with van der Waals surface area (Å²) in [6.07, 6.45) is 0. The summed E-state index contributed by atoms with van der Waals surface area (Å²) in [6, 6.07) is 0. The van der Waals surface area contributed by atoms with Gasteiger partial charge in [-0.3, -0.25) is 5.41 Å². The number of halogens is 3. The average molecular weight is 162 g/mol. The van der Waals surface area contributed by atoms with Crippen molar-refractivity contribution >= 4 is 18.6 Å². The van der Waals surface area contributed by atoms with Gasteiger partial charge in [0.25, 0.3) is 0 Å². The first-order chi connectivity index (χ1) is 3.73. The van der Waals surface area contributed by atoms with E-state index >= 15 is 0 Å². The van der Waals surface area contributed by atoms with Gasteiger partial charge in [-0.2, -0.15) is 0 Å². The normalized spacial score (nSPS) is 9.33. The molecule has 9 heavy (non-hydrogen) atoms. The summed E-state index contributed by atoms with van der Waals surface area (Å²) in [6.45, 7) is 0. The third-order valence-electron chi connectivity index (χ3n) is 0. The highest BCUT2D eigenvalue weighted by molar-refractivity contribution is 7.59. The van der Waals surface area contributed by atoms with Crippen LogP contribution in [0.4, 0.5) is 13.2 Å². The molecule has 0 aliphatic rings. The lowest BCUT2D eigenvalue weighted by atomic mass is 11.1. The molecule has 0 aromatic rings. The molecular formula is C2H7F3N3S+. The molecule has 0 aliphatic heterocycles. The standard InChI is InChI=1S/CHF3S.CH5N3/c2-1(3,4)5;2-1(3)4/h5H;(H5,2,3,4)/p+1. The van der Waals surface area contributed by atoms with Crippen LogP contribution in [0.5, 0.6) is 0 Å². The Balaban J connectivity index is 0. The van der Waals surface area contributed by atoms with Gasteiger partial charge in [-0.1, -0.05) is 0 Å². The smallest absolute Gasteiger partial charge is 0.370 e. The van der Waals surface area contributed by atoms with Crippen LogP contribution in [-0.4, -0.2) is 11.5 Å². The fraction of sp³-hybridized carbons (Fsp3) is 0.500. The molecule has 0 radical (unpaired) electrons. The van der Waals surface area contributed by atoms with E-state index < -0.39 is 5.51 Å². The Hall–Kier alpha value is -0.590. The van der Waals surface area contributed by atoms with Crippen molar-refractivity contribution in [2.75, 3.05) is 0 Å². The minimum Gasteiger partial charge on any atom is -0.370 e. The highest BCUT2D eigenvalue weighted by Gasteiger charge is 2.28. The van der Waals surface area contributed by atoms with Crippen LogP contribution in [0.2, 0.25) is 0 Å². The van der Waals surface area contributed by atoms with Crippen molar-refractivity contribution < 1.29 is 13.2 Å². The molecular weight excluding hydrogens is 155 g/mol. The first-order valence-electron chi connectivity index (χ1n) is 1.64. The molecule has 0 unspecified atom stereocenters. The molecule has 0 aromatic carbocycles. The molecule has 0 amide bonds. The Morgan fingerprint density at radius 3 is 1.33 bits per heavy atom. The minimum atomic E-state index is -4.19. The van der Waals surface area contributed by atoms with Gasteiger partial charge in [-0.15, -0.1) is 13.2 Å². The molecule has 0 saturated heterocycles. The number of hydrogen-bond donors (Lipinski definition) is 3. The van der Waals surface area contributed by atoms with E-state index in [4.69, 9.17) is 5.41 Å². The van der Waals surface area contributed by atoms with Gasteiger partial charge < -0.3 is 11.5 Å². The second kappa shape index (κ2) is 4.30. The van der Waals surface area contributed by atoms with Gasteiger partial charge in [0.05, 0.1) is 12.6 Å². The Bertz CT molecular complexity index is 79.5. The molecule has 3 nitrogen and oxygen atoms in total. The molecule has 0 saturated carbocycles. The third-order valence-corrected chi connectivity index (χ3v) is 0. The summed E-state index contributed by atoms with van der Waals surface area (Å²) >= 11 is 1.42. The molecule has 0 aromatic heterocycles. The molecule has 0 aliphatic carbocycles. The highest BCUT2D eigenvalue weighted by Crippen LogP contribution is 2.08. The summed E-state index contributed by atoms with van der Waals surface area (Å²) < 4.78 is 30.8. The fourth-order valence-corrected chi connectivity index (χ4v) is 0. The summed E-state index contributed by atoms with van der Waals surface area (Å²) in [7, 11) is 0. The Morgan fingerprint density at radius 1 is 1.33 bits per heavy atom. The Labute approximate surface area is 55.1 Å². The minimum absolute atomic E-state index is 0.333. The van der Waals surface area contributed by atoms with Crippen LogP contribution in [0, 0.1) is 5.41 Å². The lowest BCUT2D eigenvalue weighted by molar-refractivity contribution is -0.0315. The van der Waals surface area contributed by atoms with Crippen LogP contribution in [0.15, 0.2) is 0 Å². The lowest BCUT2D eigenvalue weighted by Gasteiger charge is -1.78. The van der Waals surface area contributed by atoms with E-state index in [0.717, 1.165) is 0 Å². The molecule has 7 heteroatoms. The molecule has 0 spiro atoms. The van der Waals surface area contributed by atoms with Crippen LogP contribution >= 0.6 is 0 Å². The third kappa shape index (κ3) is 623. The van der Waals surface area contributed by atoms with Gasteiger partial charge in [0.15, 0.2) is 5.96 Å². The van der Waals surface area contributed by atoms with E-state index in [9.17, 15) is 13.2 Å². The van der Waals surface area contributed by atoms with Gasteiger partial charge in [-0.05, 0) is 0 Å². The quantitative estimate of drug-likeness (QED) is 0.251. The summed E-state index contributed by atoms with van der Waals surface area (Å²) in [5, 5.41) is 6.06. The van der Waals surface area contributed by atoms with Crippen LogP contribution in [0.1, 0.15) is 0 Å². The Morgan fingerprint density at radius 2 is 1.33 bits per heavy atom. The summed E-state index contributed by atoms with van der Waals surface area (Å²) in [5.41, 5.74) is 4.75.